The number of benzene rings is 1. The van der Waals surface area contributed by atoms with Crippen molar-refractivity contribution in [1.29, 1.82) is 0 Å². The Bertz CT molecular complexity index is 689. The highest BCUT2D eigenvalue weighted by Gasteiger charge is 2.29. The van der Waals surface area contributed by atoms with E-state index in [-0.39, 0.29) is 36.6 Å². The van der Waals surface area contributed by atoms with Gasteiger partial charge in [-0.3, -0.25) is 9.78 Å². The summed E-state index contributed by atoms with van der Waals surface area (Å²) in [6.07, 6.45) is 3.36. The van der Waals surface area contributed by atoms with Crippen molar-refractivity contribution < 1.29 is 4.79 Å². The van der Waals surface area contributed by atoms with Crippen molar-refractivity contribution in [2.45, 2.75) is 33.2 Å². The summed E-state index contributed by atoms with van der Waals surface area (Å²) in [7, 11) is 0. The summed E-state index contributed by atoms with van der Waals surface area (Å²) >= 11 is 0. The van der Waals surface area contributed by atoms with Crippen LogP contribution in [0.3, 0.4) is 0 Å². The fourth-order valence-electron chi connectivity index (χ4n) is 2.23. The van der Waals surface area contributed by atoms with E-state index in [1.807, 2.05) is 58.0 Å². The number of carbonyl (C=O) groups excluding carboxylic acids is 1. The van der Waals surface area contributed by atoms with Crippen LogP contribution in [0.15, 0.2) is 42.7 Å². The standard InChI is InChI=1S/C19H25N3O.2ClH/c1-13(2)19(4,12-20)22-18(23)17-9-16(10-21-11-17)15-7-5-14(3)6-8-15;;/h5-11,13H,12,20H2,1-4H3,(H,22,23);2*1H. The van der Waals surface area contributed by atoms with E-state index in [4.69, 9.17) is 5.73 Å². The van der Waals surface area contributed by atoms with Crippen LogP contribution in [0.5, 0.6) is 0 Å². The van der Waals surface area contributed by atoms with Gasteiger partial charge in [-0.1, -0.05) is 43.7 Å². The number of pyridine rings is 1. The van der Waals surface area contributed by atoms with Crippen molar-refractivity contribution in [2.75, 3.05) is 6.54 Å². The maximum Gasteiger partial charge on any atom is 0.253 e. The van der Waals surface area contributed by atoms with Crippen LogP contribution in [0, 0.1) is 12.8 Å². The van der Waals surface area contributed by atoms with Gasteiger partial charge in [0.2, 0.25) is 0 Å². The molecule has 1 amide bonds. The number of amides is 1. The lowest BCUT2D eigenvalue weighted by molar-refractivity contribution is 0.0883. The Balaban J connectivity index is 0.00000288. The van der Waals surface area contributed by atoms with Gasteiger partial charge in [0, 0.05) is 24.5 Å². The average molecular weight is 384 g/mol. The molecule has 0 aliphatic rings. The summed E-state index contributed by atoms with van der Waals surface area (Å²) in [6, 6.07) is 10.0. The monoisotopic (exact) mass is 383 g/mol. The van der Waals surface area contributed by atoms with Gasteiger partial charge >= 0.3 is 0 Å². The van der Waals surface area contributed by atoms with Crippen molar-refractivity contribution in [1.82, 2.24) is 10.3 Å². The molecule has 0 saturated carbocycles. The summed E-state index contributed by atoms with van der Waals surface area (Å²) in [5, 5.41) is 3.04. The minimum atomic E-state index is -0.434. The van der Waals surface area contributed by atoms with Gasteiger partial charge < -0.3 is 11.1 Å². The molecule has 4 nitrogen and oxygen atoms in total. The maximum absolute atomic E-state index is 12.6. The van der Waals surface area contributed by atoms with Crippen molar-refractivity contribution >= 4 is 30.7 Å². The zero-order valence-electron chi connectivity index (χ0n) is 15.1. The van der Waals surface area contributed by atoms with Crippen LogP contribution in [-0.4, -0.2) is 23.0 Å². The van der Waals surface area contributed by atoms with E-state index in [0.29, 0.717) is 12.1 Å². The Morgan fingerprint density at radius 1 is 1.16 bits per heavy atom. The van der Waals surface area contributed by atoms with Gasteiger partial charge in [-0.2, -0.15) is 0 Å². The zero-order valence-corrected chi connectivity index (χ0v) is 16.7. The number of carbonyl (C=O) groups is 1. The SMILES string of the molecule is Cc1ccc(-c2cncc(C(=O)NC(C)(CN)C(C)C)c2)cc1.Cl.Cl. The number of hydrogen-bond acceptors (Lipinski definition) is 3. The smallest absolute Gasteiger partial charge is 0.253 e. The highest BCUT2D eigenvalue weighted by atomic mass is 35.5. The summed E-state index contributed by atoms with van der Waals surface area (Å²) in [4.78, 5) is 16.8. The van der Waals surface area contributed by atoms with Gasteiger partial charge in [0.1, 0.15) is 0 Å². The summed E-state index contributed by atoms with van der Waals surface area (Å²) in [5.41, 5.74) is 9.12. The first kappa shape index (κ1) is 23.4. The molecule has 0 bridgehead atoms. The van der Waals surface area contributed by atoms with E-state index in [1.165, 1.54) is 5.56 Å². The predicted molar refractivity (Wildman–Crippen MR) is 109 cm³/mol. The maximum atomic E-state index is 12.6. The Hall–Kier alpha value is -1.62. The van der Waals surface area contributed by atoms with Gasteiger partial charge in [0.25, 0.3) is 5.91 Å². The summed E-state index contributed by atoms with van der Waals surface area (Å²) in [5.74, 6) is 0.0952. The van der Waals surface area contributed by atoms with Crippen LogP contribution in [0.2, 0.25) is 0 Å². The highest BCUT2D eigenvalue weighted by molar-refractivity contribution is 5.95. The Morgan fingerprint density at radius 3 is 2.28 bits per heavy atom. The number of aromatic nitrogens is 1. The van der Waals surface area contributed by atoms with Crippen molar-refractivity contribution in [3.05, 3.63) is 53.9 Å². The predicted octanol–water partition coefficient (Wildman–Crippen LogP) is 4.00. The first-order chi connectivity index (χ1) is 10.9. The molecule has 0 saturated heterocycles. The van der Waals surface area contributed by atoms with Crippen LogP contribution in [0.25, 0.3) is 11.1 Å². The van der Waals surface area contributed by atoms with Crippen LogP contribution in [-0.2, 0) is 0 Å². The second kappa shape index (κ2) is 9.76. The molecule has 6 heteroatoms. The van der Waals surface area contributed by atoms with Gasteiger partial charge in [-0.25, -0.2) is 0 Å². The fourth-order valence-corrected chi connectivity index (χ4v) is 2.23. The number of nitrogens with zero attached hydrogens (tertiary/aromatic N) is 1. The molecule has 2 rings (SSSR count). The third kappa shape index (κ3) is 5.70. The molecule has 25 heavy (non-hydrogen) atoms. The lowest BCUT2D eigenvalue weighted by atomic mass is 9.88. The van der Waals surface area contributed by atoms with Crippen molar-refractivity contribution in [3.8, 4) is 11.1 Å². The average Bonchev–Trinajstić information content (AvgIpc) is 2.55. The second-order valence-electron chi connectivity index (χ2n) is 6.56. The normalized spacial score (nSPS) is 12.6. The summed E-state index contributed by atoms with van der Waals surface area (Å²) in [6.45, 7) is 8.50. The molecule has 3 N–H and O–H groups in total. The molecule has 1 heterocycles. The van der Waals surface area contributed by atoms with E-state index in [1.54, 1.807) is 12.4 Å². The Kier molecular flexibility index (Phi) is 9.12. The third-order valence-corrected chi connectivity index (χ3v) is 4.48. The molecule has 0 fully saturated rings. The Labute approximate surface area is 162 Å². The topological polar surface area (TPSA) is 68.0 Å². The first-order valence-corrected chi connectivity index (χ1v) is 7.90. The molecule has 0 radical (unpaired) electrons. The zero-order chi connectivity index (χ0) is 17.0. The van der Waals surface area contributed by atoms with Gasteiger partial charge in [-0.15, -0.1) is 24.8 Å². The fraction of sp³-hybridized carbons (Fsp3) is 0.368. The van der Waals surface area contributed by atoms with Crippen LogP contribution < -0.4 is 11.1 Å². The van der Waals surface area contributed by atoms with Crippen LogP contribution in [0.1, 0.15) is 36.7 Å². The number of halogens is 2. The molecule has 2 aromatic rings. The number of rotatable bonds is 5. The molecular formula is C19H27Cl2N3O. The largest absolute Gasteiger partial charge is 0.345 e. The van der Waals surface area contributed by atoms with Gasteiger partial charge in [-0.05, 0) is 31.4 Å². The minimum absolute atomic E-state index is 0. The van der Waals surface area contributed by atoms with E-state index in [9.17, 15) is 4.79 Å². The van der Waals surface area contributed by atoms with E-state index >= 15 is 0 Å². The lowest BCUT2D eigenvalue weighted by Crippen LogP contribution is -2.55. The highest BCUT2D eigenvalue weighted by Crippen LogP contribution is 2.21. The lowest BCUT2D eigenvalue weighted by Gasteiger charge is -2.33. The quantitative estimate of drug-likeness (QED) is 0.819. The van der Waals surface area contributed by atoms with Crippen molar-refractivity contribution in [2.24, 2.45) is 11.7 Å². The minimum Gasteiger partial charge on any atom is -0.345 e. The molecule has 138 valence electrons. The van der Waals surface area contributed by atoms with Gasteiger partial charge in [0.15, 0.2) is 0 Å². The van der Waals surface area contributed by atoms with E-state index in [2.05, 4.69) is 10.3 Å². The number of hydrogen-bond donors (Lipinski definition) is 2. The third-order valence-electron chi connectivity index (χ3n) is 4.48. The van der Waals surface area contributed by atoms with E-state index in [0.717, 1.165) is 11.1 Å². The molecule has 1 unspecified atom stereocenters. The molecule has 1 aromatic carbocycles. The summed E-state index contributed by atoms with van der Waals surface area (Å²) < 4.78 is 0. The molecule has 1 aromatic heterocycles. The molecule has 1 atom stereocenters. The first-order valence-electron chi connectivity index (χ1n) is 7.90. The molecular weight excluding hydrogens is 357 g/mol. The van der Waals surface area contributed by atoms with Crippen LogP contribution >= 0.6 is 24.8 Å². The number of nitrogens with two attached hydrogens (primary N) is 1. The molecule has 0 aliphatic heterocycles. The van der Waals surface area contributed by atoms with E-state index < -0.39 is 5.54 Å². The van der Waals surface area contributed by atoms with Crippen LogP contribution in [0.4, 0.5) is 0 Å². The molecule has 0 aliphatic carbocycles. The Morgan fingerprint density at radius 2 is 1.76 bits per heavy atom. The second-order valence-corrected chi connectivity index (χ2v) is 6.56. The van der Waals surface area contributed by atoms with Crippen molar-refractivity contribution in [3.63, 3.8) is 0 Å². The number of nitrogens with one attached hydrogen (secondary N) is 1. The van der Waals surface area contributed by atoms with Gasteiger partial charge in [0.05, 0.1) is 11.1 Å². The number of aryl methyl sites for hydroxylation is 1. The molecule has 0 spiro atoms.